The van der Waals surface area contributed by atoms with E-state index in [1.165, 1.54) is 12.1 Å². The Morgan fingerprint density at radius 2 is 1.72 bits per heavy atom. The van der Waals surface area contributed by atoms with E-state index in [4.69, 9.17) is 11.6 Å². The van der Waals surface area contributed by atoms with Crippen LogP contribution < -0.4 is 10.6 Å². The summed E-state index contributed by atoms with van der Waals surface area (Å²) in [6.07, 6.45) is 0. The molecule has 0 radical (unpaired) electrons. The van der Waals surface area contributed by atoms with Crippen molar-refractivity contribution in [2.45, 2.75) is 6.92 Å². The topological polar surface area (TPSA) is 41.1 Å². The Morgan fingerprint density at radius 3 is 2.48 bits per heavy atom. The highest BCUT2D eigenvalue weighted by atomic mass is 35.5. The Labute approximate surface area is 150 Å². The normalized spacial score (nSPS) is 10.4. The highest BCUT2D eigenvalue weighted by Gasteiger charge is 2.14. The summed E-state index contributed by atoms with van der Waals surface area (Å²) >= 11 is 6.06. The molecule has 0 atom stereocenters. The second-order valence-corrected chi connectivity index (χ2v) is 6.03. The van der Waals surface area contributed by atoms with Crippen molar-refractivity contribution in [3.05, 3.63) is 88.7 Å². The zero-order valence-electron chi connectivity index (χ0n) is 13.5. The number of anilines is 3. The first kappa shape index (κ1) is 17.0. The second kappa shape index (κ2) is 7.36. The number of aryl methyl sites for hydroxylation is 1. The lowest BCUT2D eigenvalue weighted by Gasteiger charge is -2.14. The molecule has 0 fully saturated rings. The second-order valence-electron chi connectivity index (χ2n) is 5.59. The number of hydrogen-bond acceptors (Lipinski definition) is 2. The molecule has 0 aliphatic heterocycles. The molecule has 0 unspecified atom stereocenters. The van der Waals surface area contributed by atoms with Crippen LogP contribution in [0.3, 0.4) is 0 Å². The summed E-state index contributed by atoms with van der Waals surface area (Å²) in [5.41, 5.74) is 3.04. The Hall–Kier alpha value is -2.85. The smallest absolute Gasteiger partial charge is 0.257 e. The number of halogens is 2. The molecule has 0 aliphatic rings. The number of nitrogens with one attached hydrogen (secondary N) is 2. The number of carbonyl (C=O) groups is 1. The standard InChI is InChI=1S/C20H16ClFN2O/c1-13-7-9-15(22)12-19(13)24-20(25)17-11-14(21)8-10-18(17)23-16-5-3-2-4-6-16/h2-12,23H,1H3,(H,24,25). The predicted molar refractivity (Wildman–Crippen MR) is 100 cm³/mol. The molecular formula is C20H16ClFN2O. The van der Waals surface area contributed by atoms with Crippen molar-refractivity contribution in [1.82, 2.24) is 0 Å². The lowest BCUT2D eigenvalue weighted by molar-refractivity contribution is 0.102. The molecule has 3 aromatic carbocycles. The van der Waals surface area contributed by atoms with Crippen molar-refractivity contribution in [1.29, 1.82) is 0 Å². The molecule has 3 nitrogen and oxygen atoms in total. The Kier molecular flexibility index (Phi) is 5.00. The van der Waals surface area contributed by atoms with Crippen LogP contribution in [0.2, 0.25) is 5.02 Å². The van der Waals surface area contributed by atoms with E-state index in [-0.39, 0.29) is 5.91 Å². The van der Waals surface area contributed by atoms with Gasteiger partial charge in [0.25, 0.3) is 5.91 Å². The molecule has 126 valence electrons. The van der Waals surface area contributed by atoms with Gasteiger partial charge in [-0.15, -0.1) is 0 Å². The lowest BCUT2D eigenvalue weighted by atomic mass is 10.1. The molecule has 5 heteroatoms. The van der Waals surface area contributed by atoms with Crippen LogP contribution in [0.5, 0.6) is 0 Å². The minimum absolute atomic E-state index is 0.366. The SMILES string of the molecule is Cc1ccc(F)cc1NC(=O)c1cc(Cl)ccc1Nc1ccccc1. The van der Waals surface area contributed by atoms with E-state index in [0.29, 0.717) is 22.0 Å². The summed E-state index contributed by atoms with van der Waals surface area (Å²) < 4.78 is 13.4. The van der Waals surface area contributed by atoms with Crippen LogP contribution in [0.25, 0.3) is 0 Å². The van der Waals surface area contributed by atoms with Gasteiger partial charge in [-0.3, -0.25) is 4.79 Å². The third-order valence-corrected chi connectivity index (χ3v) is 3.96. The van der Waals surface area contributed by atoms with Crippen molar-refractivity contribution in [2.24, 2.45) is 0 Å². The summed E-state index contributed by atoms with van der Waals surface area (Å²) in [7, 11) is 0. The molecule has 3 aromatic rings. The summed E-state index contributed by atoms with van der Waals surface area (Å²) in [5, 5.41) is 6.39. The molecule has 2 N–H and O–H groups in total. The van der Waals surface area contributed by atoms with Gasteiger partial charge in [-0.25, -0.2) is 4.39 Å². The third-order valence-electron chi connectivity index (χ3n) is 3.73. The molecule has 0 heterocycles. The fourth-order valence-electron chi connectivity index (χ4n) is 2.41. The van der Waals surface area contributed by atoms with Gasteiger partial charge >= 0.3 is 0 Å². The molecule has 0 bridgehead atoms. The maximum absolute atomic E-state index is 13.4. The molecule has 0 aliphatic carbocycles. The molecule has 1 amide bonds. The minimum Gasteiger partial charge on any atom is -0.355 e. The highest BCUT2D eigenvalue weighted by molar-refractivity contribution is 6.31. The zero-order chi connectivity index (χ0) is 17.8. The van der Waals surface area contributed by atoms with Crippen molar-refractivity contribution in [3.63, 3.8) is 0 Å². The fourth-order valence-corrected chi connectivity index (χ4v) is 2.58. The van der Waals surface area contributed by atoms with Gasteiger partial charge in [-0.2, -0.15) is 0 Å². The fraction of sp³-hybridized carbons (Fsp3) is 0.0500. The number of rotatable bonds is 4. The van der Waals surface area contributed by atoms with Crippen LogP contribution in [0.4, 0.5) is 21.5 Å². The summed E-state index contributed by atoms with van der Waals surface area (Å²) in [6, 6.07) is 18.8. The Bertz CT molecular complexity index is 913. The van der Waals surface area contributed by atoms with E-state index < -0.39 is 5.82 Å². The third kappa shape index (κ3) is 4.17. The largest absolute Gasteiger partial charge is 0.355 e. The number of amides is 1. The summed E-state index contributed by atoms with van der Waals surface area (Å²) in [6.45, 7) is 1.80. The van der Waals surface area contributed by atoms with Gasteiger partial charge < -0.3 is 10.6 Å². The lowest BCUT2D eigenvalue weighted by Crippen LogP contribution is -2.15. The van der Waals surface area contributed by atoms with Gasteiger partial charge in [-0.1, -0.05) is 35.9 Å². The van der Waals surface area contributed by atoms with E-state index in [9.17, 15) is 9.18 Å². The van der Waals surface area contributed by atoms with Crippen LogP contribution >= 0.6 is 11.6 Å². The first-order chi connectivity index (χ1) is 12.0. The molecule has 0 saturated heterocycles. The average molecular weight is 355 g/mol. The molecule has 3 rings (SSSR count). The van der Waals surface area contributed by atoms with Crippen LogP contribution in [-0.2, 0) is 0 Å². The average Bonchev–Trinajstić information content (AvgIpc) is 2.60. The van der Waals surface area contributed by atoms with E-state index >= 15 is 0 Å². The van der Waals surface area contributed by atoms with E-state index in [1.807, 2.05) is 30.3 Å². The van der Waals surface area contributed by atoms with Crippen molar-refractivity contribution >= 4 is 34.6 Å². The van der Waals surface area contributed by atoms with Gasteiger partial charge in [0.2, 0.25) is 0 Å². The van der Waals surface area contributed by atoms with E-state index in [0.717, 1.165) is 11.3 Å². The van der Waals surface area contributed by atoms with Gasteiger partial charge in [0.05, 0.1) is 11.3 Å². The van der Waals surface area contributed by atoms with Gasteiger partial charge in [-0.05, 0) is 55.0 Å². The minimum atomic E-state index is -0.408. The molecule has 25 heavy (non-hydrogen) atoms. The van der Waals surface area contributed by atoms with Gasteiger partial charge in [0, 0.05) is 16.4 Å². The van der Waals surface area contributed by atoms with Crippen molar-refractivity contribution < 1.29 is 9.18 Å². The monoisotopic (exact) mass is 354 g/mol. The van der Waals surface area contributed by atoms with Crippen LogP contribution in [0.1, 0.15) is 15.9 Å². The van der Waals surface area contributed by atoms with Crippen LogP contribution in [-0.4, -0.2) is 5.91 Å². The van der Waals surface area contributed by atoms with Crippen molar-refractivity contribution in [2.75, 3.05) is 10.6 Å². The first-order valence-electron chi connectivity index (χ1n) is 7.72. The predicted octanol–water partition coefficient (Wildman–Crippen LogP) is 5.78. The maximum Gasteiger partial charge on any atom is 0.257 e. The Morgan fingerprint density at radius 1 is 0.960 bits per heavy atom. The number of benzene rings is 3. The zero-order valence-corrected chi connectivity index (χ0v) is 14.3. The van der Waals surface area contributed by atoms with Crippen LogP contribution in [0, 0.1) is 12.7 Å². The highest BCUT2D eigenvalue weighted by Crippen LogP contribution is 2.26. The quantitative estimate of drug-likeness (QED) is 0.623. The Balaban J connectivity index is 1.91. The van der Waals surface area contributed by atoms with Gasteiger partial charge in [0.15, 0.2) is 0 Å². The maximum atomic E-state index is 13.4. The summed E-state index contributed by atoms with van der Waals surface area (Å²) in [4.78, 5) is 12.7. The molecule has 0 saturated carbocycles. The van der Waals surface area contributed by atoms with Crippen molar-refractivity contribution in [3.8, 4) is 0 Å². The number of carbonyl (C=O) groups excluding carboxylic acids is 1. The van der Waals surface area contributed by atoms with Crippen LogP contribution in [0.15, 0.2) is 66.7 Å². The van der Waals surface area contributed by atoms with E-state index in [2.05, 4.69) is 10.6 Å². The number of hydrogen-bond donors (Lipinski definition) is 2. The van der Waals surface area contributed by atoms with E-state index in [1.54, 1.807) is 31.2 Å². The molecule has 0 aromatic heterocycles. The molecular weight excluding hydrogens is 339 g/mol. The molecule has 0 spiro atoms. The number of para-hydroxylation sites is 1. The summed E-state index contributed by atoms with van der Waals surface area (Å²) in [5.74, 6) is -0.774. The first-order valence-corrected chi connectivity index (χ1v) is 8.10. The van der Waals surface area contributed by atoms with Gasteiger partial charge in [0.1, 0.15) is 5.82 Å².